The Morgan fingerprint density at radius 3 is 2.27 bits per heavy atom. The van der Waals surface area contributed by atoms with Crippen LogP contribution < -0.4 is 9.62 Å². The van der Waals surface area contributed by atoms with Gasteiger partial charge in [0.1, 0.15) is 5.82 Å². The van der Waals surface area contributed by atoms with E-state index in [0.717, 1.165) is 11.1 Å². The monoisotopic (exact) mass is 322 g/mol. The Hall–Kier alpha value is -2.08. The fourth-order valence-electron chi connectivity index (χ4n) is 2.06. The highest BCUT2D eigenvalue weighted by atomic mass is 32.2. The van der Waals surface area contributed by atoms with Crippen molar-refractivity contribution in [1.29, 1.82) is 0 Å². The van der Waals surface area contributed by atoms with Crippen LogP contribution in [0.25, 0.3) is 0 Å². The Kier molecular flexibility index (Phi) is 4.42. The Labute approximate surface area is 130 Å². The zero-order valence-corrected chi connectivity index (χ0v) is 13.8. The molecular formula is C16H19FN2O2S. The molecule has 2 aromatic rings. The third-order valence-corrected chi connectivity index (χ3v) is 4.84. The summed E-state index contributed by atoms with van der Waals surface area (Å²) in [5, 5.41) is 0. The average molecular weight is 322 g/mol. The van der Waals surface area contributed by atoms with E-state index in [1.54, 1.807) is 37.2 Å². The number of nitrogens with zero attached hydrogens (tertiary/aromatic N) is 1. The van der Waals surface area contributed by atoms with Crippen LogP contribution in [0.1, 0.15) is 11.1 Å². The van der Waals surface area contributed by atoms with Gasteiger partial charge < -0.3 is 4.90 Å². The fourth-order valence-corrected chi connectivity index (χ4v) is 3.21. The van der Waals surface area contributed by atoms with Crippen LogP contribution in [0.2, 0.25) is 0 Å². The van der Waals surface area contributed by atoms with Crippen molar-refractivity contribution in [2.45, 2.75) is 18.7 Å². The molecule has 0 fully saturated rings. The molecule has 2 rings (SSSR count). The number of benzene rings is 2. The molecule has 0 unspecified atom stereocenters. The first-order valence-corrected chi connectivity index (χ1v) is 8.26. The maximum atomic E-state index is 13.5. The van der Waals surface area contributed by atoms with Crippen LogP contribution in [0.3, 0.4) is 0 Å². The summed E-state index contributed by atoms with van der Waals surface area (Å²) in [5.74, 6) is -0.497. The minimum atomic E-state index is -3.77. The number of nitrogens with one attached hydrogen (secondary N) is 1. The lowest BCUT2D eigenvalue weighted by Gasteiger charge is -2.18. The molecule has 2 aromatic carbocycles. The standard InChI is InChI=1S/C16H19FN2O2S/c1-11-5-7-14(9-12(11)2)22(20,21)18-15-10-13(17)6-8-16(15)19(3)4/h5-10,18H,1-4H3. The van der Waals surface area contributed by atoms with Crippen molar-refractivity contribution in [1.82, 2.24) is 0 Å². The van der Waals surface area contributed by atoms with Gasteiger partial charge in [-0.2, -0.15) is 0 Å². The smallest absolute Gasteiger partial charge is 0.261 e. The molecule has 0 radical (unpaired) electrons. The predicted octanol–water partition coefficient (Wildman–Crippen LogP) is 3.31. The summed E-state index contributed by atoms with van der Waals surface area (Å²) in [5.41, 5.74) is 2.70. The molecule has 0 aromatic heterocycles. The average Bonchev–Trinajstić information content (AvgIpc) is 2.41. The SMILES string of the molecule is Cc1ccc(S(=O)(=O)Nc2cc(F)ccc2N(C)C)cc1C. The summed E-state index contributed by atoms with van der Waals surface area (Å²) < 4.78 is 40.9. The van der Waals surface area contributed by atoms with Crippen LogP contribution >= 0.6 is 0 Å². The molecule has 4 nitrogen and oxygen atoms in total. The second-order valence-corrected chi connectivity index (χ2v) is 7.09. The second-order valence-electron chi connectivity index (χ2n) is 5.41. The van der Waals surface area contributed by atoms with Gasteiger partial charge in [0, 0.05) is 20.2 Å². The third-order valence-electron chi connectivity index (χ3n) is 3.47. The normalized spacial score (nSPS) is 11.3. The summed E-state index contributed by atoms with van der Waals surface area (Å²) in [6.07, 6.45) is 0. The minimum Gasteiger partial charge on any atom is -0.376 e. The van der Waals surface area contributed by atoms with E-state index in [9.17, 15) is 12.8 Å². The zero-order chi connectivity index (χ0) is 16.5. The van der Waals surface area contributed by atoms with Crippen molar-refractivity contribution in [2.75, 3.05) is 23.7 Å². The first-order chi connectivity index (χ1) is 10.2. The largest absolute Gasteiger partial charge is 0.376 e. The molecule has 0 saturated heterocycles. The highest BCUT2D eigenvalue weighted by Gasteiger charge is 2.18. The number of hydrogen-bond donors (Lipinski definition) is 1. The van der Waals surface area contributed by atoms with Crippen LogP contribution in [0.5, 0.6) is 0 Å². The third kappa shape index (κ3) is 3.39. The fraction of sp³-hybridized carbons (Fsp3) is 0.250. The molecule has 6 heteroatoms. The number of anilines is 2. The number of halogens is 1. The van der Waals surface area contributed by atoms with E-state index in [2.05, 4.69) is 4.72 Å². The van der Waals surface area contributed by atoms with Gasteiger partial charge >= 0.3 is 0 Å². The maximum Gasteiger partial charge on any atom is 0.261 e. The van der Waals surface area contributed by atoms with Crippen molar-refractivity contribution >= 4 is 21.4 Å². The van der Waals surface area contributed by atoms with Crippen molar-refractivity contribution in [2.24, 2.45) is 0 Å². The lowest BCUT2D eigenvalue weighted by atomic mass is 10.1. The highest BCUT2D eigenvalue weighted by molar-refractivity contribution is 7.92. The molecule has 0 atom stereocenters. The van der Waals surface area contributed by atoms with E-state index >= 15 is 0 Å². The lowest BCUT2D eigenvalue weighted by molar-refractivity contribution is 0.601. The van der Waals surface area contributed by atoms with Gasteiger partial charge in [0.25, 0.3) is 10.0 Å². The molecule has 0 spiro atoms. The highest BCUT2D eigenvalue weighted by Crippen LogP contribution is 2.28. The second kappa shape index (κ2) is 5.96. The van der Waals surface area contributed by atoms with E-state index in [1.165, 1.54) is 18.2 Å². The zero-order valence-electron chi connectivity index (χ0n) is 13.0. The molecular weight excluding hydrogens is 303 g/mol. The van der Waals surface area contributed by atoms with E-state index in [0.29, 0.717) is 5.69 Å². The molecule has 0 heterocycles. The molecule has 0 bridgehead atoms. The van der Waals surface area contributed by atoms with E-state index in [-0.39, 0.29) is 10.6 Å². The van der Waals surface area contributed by atoms with Gasteiger partial charge in [-0.1, -0.05) is 6.07 Å². The van der Waals surface area contributed by atoms with E-state index in [1.807, 2.05) is 13.8 Å². The van der Waals surface area contributed by atoms with Crippen molar-refractivity contribution in [3.8, 4) is 0 Å². The van der Waals surface area contributed by atoms with Crippen molar-refractivity contribution in [3.05, 3.63) is 53.3 Å². The summed E-state index contributed by atoms with van der Waals surface area (Å²) in [6.45, 7) is 3.76. The van der Waals surface area contributed by atoms with E-state index in [4.69, 9.17) is 0 Å². The van der Waals surface area contributed by atoms with Crippen molar-refractivity contribution < 1.29 is 12.8 Å². The molecule has 0 aliphatic rings. The molecule has 0 amide bonds. The van der Waals surface area contributed by atoms with Gasteiger partial charge in [-0.3, -0.25) is 4.72 Å². The topological polar surface area (TPSA) is 49.4 Å². The first kappa shape index (κ1) is 16.3. The number of sulfonamides is 1. The summed E-state index contributed by atoms with van der Waals surface area (Å²) in [6, 6.07) is 8.90. The van der Waals surface area contributed by atoms with Crippen LogP contribution in [-0.4, -0.2) is 22.5 Å². The number of rotatable bonds is 4. The molecule has 0 aliphatic carbocycles. The molecule has 0 aliphatic heterocycles. The van der Waals surface area contributed by atoms with Gasteiger partial charge in [-0.05, 0) is 49.2 Å². The van der Waals surface area contributed by atoms with Crippen LogP contribution in [-0.2, 0) is 10.0 Å². The minimum absolute atomic E-state index is 0.157. The van der Waals surface area contributed by atoms with Crippen LogP contribution in [0.4, 0.5) is 15.8 Å². The molecule has 0 saturated carbocycles. The summed E-state index contributed by atoms with van der Waals surface area (Å²) in [7, 11) is -0.239. The van der Waals surface area contributed by atoms with Gasteiger partial charge in [0.15, 0.2) is 0 Å². The maximum absolute atomic E-state index is 13.5. The van der Waals surface area contributed by atoms with E-state index < -0.39 is 15.8 Å². The Balaban J connectivity index is 2.44. The predicted molar refractivity (Wildman–Crippen MR) is 87.5 cm³/mol. The van der Waals surface area contributed by atoms with Gasteiger partial charge in [0.05, 0.1) is 16.3 Å². The number of hydrogen-bond acceptors (Lipinski definition) is 3. The van der Waals surface area contributed by atoms with Crippen LogP contribution in [0.15, 0.2) is 41.3 Å². The van der Waals surface area contributed by atoms with Gasteiger partial charge in [-0.15, -0.1) is 0 Å². The van der Waals surface area contributed by atoms with Crippen molar-refractivity contribution in [3.63, 3.8) is 0 Å². The molecule has 118 valence electrons. The first-order valence-electron chi connectivity index (χ1n) is 6.77. The quantitative estimate of drug-likeness (QED) is 0.939. The summed E-state index contributed by atoms with van der Waals surface area (Å²) in [4.78, 5) is 1.88. The van der Waals surface area contributed by atoms with Crippen LogP contribution in [0, 0.1) is 19.7 Å². The molecule has 1 N–H and O–H groups in total. The Bertz CT molecular complexity index is 802. The number of aryl methyl sites for hydroxylation is 2. The summed E-state index contributed by atoms with van der Waals surface area (Å²) >= 11 is 0. The molecule has 22 heavy (non-hydrogen) atoms. The lowest BCUT2D eigenvalue weighted by Crippen LogP contribution is -2.17. The van der Waals surface area contributed by atoms with Gasteiger partial charge in [0.2, 0.25) is 0 Å². The Morgan fingerprint density at radius 1 is 1.00 bits per heavy atom. The Morgan fingerprint density at radius 2 is 1.68 bits per heavy atom. The van der Waals surface area contributed by atoms with Gasteiger partial charge in [-0.25, -0.2) is 12.8 Å².